The Kier molecular flexibility index (Phi) is 3.87. The van der Waals surface area contributed by atoms with Gasteiger partial charge in [-0.25, -0.2) is 0 Å². The van der Waals surface area contributed by atoms with E-state index in [1.165, 1.54) is 12.3 Å². The van der Waals surface area contributed by atoms with E-state index in [1.807, 2.05) is 0 Å². The molecule has 1 rings (SSSR count). The van der Waals surface area contributed by atoms with E-state index in [4.69, 9.17) is 5.11 Å². The minimum atomic E-state index is 0.323. The number of aliphatic hydroxyl groups excluding tert-OH is 1. The zero-order valence-corrected chi connectivity index (χ0v) is 8.86. The van der Waals surface area contributed by atoms with E-state index in [1.54, 1.807) is 0 Å². The molecule has 1 aliphatic rings. The summed E-state index contributed by atoms with van der Waals surface area (Å²) in [6, 6.07) is 0. The van der Waals surface area contributed by atoms with Gasteiger partial charge in [-0.05, 0) is 20.3 Å². The fourth-order valence-electron chi connectivity index (χ4n) is 1.60. The van der Waals surface area contributed by atoms with Crippen LogP contribution in [0.15, 0.2) is 0 Å². The molecule has 3 heteroatoms. The molecule has 1 fully saturated rings. The normalized spacial score (nSPS) is 24.2. The van der Waals surface area contributed by atoms with Crippen LogP contribution in [0, 0.1) is 0 Å². The van der Waals surface area contributed by atoms with Crippen molar-refractivity contribution in [2.45, 2.75) is 25.0 Å². The van der Waals surface area contributed by atoms with Gasteiger partial charge in [0.1, 0.15) is 0 Å². The van der Waals surface area contributed by atoms with Gasteiger partial charge in [-0.1, -0.05) is 0 Å². The highest BCUT2D eigenvalue weighted by atomic mass is 32.2. The van der Waals surface area contributed by atoms with Gasteiger partial charge in [0.15, 0.2) is 0 Å². The van der Waals surface area contributed by atoms with Crippen LogP contribution in [0.3, 0.4) is 0 Å². The van der Waals surface area contributed by atoms with Crippen molar-refractivity contribution in [2.75, 3.05) is 32.0 Å². The molecular formula is C9H19NOS. The first-order chi connectivity index (χ1) is 5.64. The molecule has 12 heavy (non-hydrogen) atoms. The highest BCUT2D eigenvalue weighted by Gasteiger charge is 2.26. The van der Waals surface area contributed by atoms with Crippen LogP contribution >= 0.6 is 11.8 Å². The van der Waals surface area contributed by atoms with Crippen molar-refractivity contribution in [1.82, 2.24) is 4.90 Å². The molecule has 0 atom stereocenters. The second-order valence-corrected chi connectivity index (χ2v) is 5.76. The van der Waals surface area contributed by atoms with Crippen molar-refractivity contribution in [3.63, 3.8) is 0 Å². The predicted molar refractivity (Wildman–Crippen MR) is 54.7 cm³/mol. The van der Waals surface area contributed by atoms with Gasteiger partial charge in [-0.15, -0.1) is 0 Å². The highest BCUT2D eigenvalue weighted by Crippen LogP contribution is 2.29. The van der Waals surface area contributed by atoms with E-state index in [2.05, 4.69) is 30.5 Å². The van der Waals surface area contributed by atoms with Crippen LogP contribution in [0.5, 0.6) is 0 Å². The molecule has 2 nitrogen and oxygen atoms in total. The first-order valence-corrected chi connectivity index (χ1v) is 5.60. The van der Waals surface area contributed by atoms with Gasteiger partial charge in [-0.3, -0.25) is 0 Å². The standard InChI is InChI=1S/C9H19NOS/c1-9(2)8-10(4-3-6-11)5-7-12-9/h11H,3-8H2,1-2H3. The van der Waals surface area contributed by atoms with E-state index >= 15 is 0 Å². The van der Waals surface area contributed by atoms with Crippen LogP contribution in [-0.4, -0.2) is 46.7 Å². The molecule has 0 spiro atoms. The largest absolute Gasteiger partial charge is 0.396 e. The van der Waals surface area contributed by atoms with Crippen molar-refractivity contribution >= 4 is 11.8 Å². The number of nitrogens with zero attached hydrogens (tertiary/aromatic N) is 1. The summed E-state index contributed by atoms with van der Waals surface area (Å²) in [6.45, 7) is 8.32. The van der Waals surface area contributed by atoms with Crippen molar-refractivity contribution < 1.29 is 5.11 Å². The predicted octanol–water partition coefficient (Wildman–Crippen LogP) is 1.20. The average Bonchev–Trinajstić information content (AvgIpc) is 1.99. The van der Waals surface area contributed by atoms with Crippen molar-refractivity contribution in [2.24, 2.45) is 0 Å². The Morgan fingerprint density at radius 2 is 2.25 bits per heavy atom. The fraction of sp³-hybridized carbons (Fsp3) is 1.00. The highest BCUT2D eigenvalue weighted by molar-refractivity contribution is 8.00. The second kappa shape index (κ2) is 4.49. The SMILES string of the molecule is CC1(C)CN(CCCO)CCS1. The molecule has 72 valence electrons. The van der Waals surface area contributed by atoms with Crippen molar-refractivity contribution in [3.8, 4) is 0 Å². The van der Waals surface area contributed by atoms with Gasteiger partial charge in [0.25, 0.3) is 0 Å². The van der Waals surface area contributed by atoms with Gasteiger partial charge in [0, 0.05) is 36.7 Å². The maximum Gasteiger partial charge on any atom is 0.0443 e. The Labute approximate surface area is 79.3 Å². The molecule has 1 saturated heterocycles. The van der Waals surface area contributed by atoms with Crippen molar-refractivity contribution in [3.05, 3.63) is 0 Å². The zero-order chi connectivity index (χ0) is 9.03. The number of thioether (sulfide) groups is 1. The smallest absolute Gasteiger partial charge is 0.0443 e. The first-order valence-electron chi connectivity index (χ1n) is 4.61. The summed E-state index contributed by atoms with van der Waals surface area (Å²) >= 11 is 2.05. The minimum absolute atomic E-state index is 0.323. The van der Waals surface area contributed by atoms with Gasteiger partial charge in [0.05, 0.1) is 0 Å². The summed E-state index contributed by atoms with van der Waals surface area (Å²) in [5, 5.41) is 8.70. The molecule has 0 radical (unpaired) electrons. The van der Waals surface area contributed by atoms with Gasteiger partial charge < -0.3 is 10.0 Å². The lowest BCUT2D eigenvalue weighted by Crippen LogP contribution is -2.43. The lowest BCUT2D eigenvalue weighted by molar-refractivity contribution is 0.217. The number of hydrogen-bond acceptors (Lipinski definition) is 3. The van der Waals surface area contributed by atoms with Gasteiger partial charge in [0.2, 0.25) is 0 Å². The third-order valence-electron chi connectivity index (χ3n) is 2.14. The second-order valence-electron chi connectivity index (χ2n) is 3.96. The quantitative estimate of drug-likeness (QED) is 0.721. The van der Waals surface area contributed by atoms with Crippen LogP contribution in [0.25, 0.3) is 0 Å². The molecule has 0 amide bonds. The molecule has 0 aliphatic carbocycles. The molecule has 1 N–H and O–H groups in total. The zero-order valence-electron chi connectivity index (χ0n) is 8.05. The molecule has 0 aromatic rings. The van der Waals surface area contributed by atoms with E-state index in [9.17, 15) is 0 Å². The molecule has 0 unspecified atom stereocenters. The molecule has 0 saturated carbocycles. The summed E-state index contributed by atoms with van der Waals surface area (Å²) in [5.41, 5.74) is 0. The summed E-state index contributed by atoms with van der Waals surface area (Å²) in [7, 11) is 0. The molecule has 1 heterocycles. The van der Waals surface area contributed by atoms with E-state index in [0.29, 0.717) is 11.4 Å². The molecule has 1 aliphatic heterocycles. The molecular weight excluding hydrogens is 170 g/mol. The van der Waals surface area contributed by atoms with Gasteiger partial charge in [-0.2, -0.15) is 11.8 Å². The minimum Gasteiger partial charge on any atom is -0.396 e. The third kappa shape index (κ3) is 3.33. The van der Waals surface area contributed by atoms with Crippen LogP contribution in [-0.2, 0) is 0 Å². The summed E-state index contributed by atoms with van der Waals surface area (Å²) in [6.07, 6.45) is 0.917. The van der Waals surface area contributed by atoms with E-state index in [-0.39, 0.29) is 0 Å². The molecule has 0 bridgehead atoms. The van der Waals surface area contributed by atoms with E-state index in [0.717, 1.165) is 19.5 Å². The van der Waals surface area contributed by atoms with Crippen LogP contribution in [0.1, 0.15) is 20.3 Å². The van der Waals surface area contributed by atoms with Crippen molar-refractivity contribution in [1.29, 1.82) is 0 Å². The average molecular weight is 189 g/mol. The Morgan fingerprint density at radius 3 is 2.83 bits per heavy atom. The lowest BCUT2D eigenvalue weighted by Gasteiger charge is -2.37. The third-order valence-corrected chi connectivity index (χ3v) is 3.43. The Hall–Kier alpha value is 0.270. The number of rotatable bonds is 3. The molecule has 0 aromatic heterocycles. The fourth-order valence-corrected chi connectivity index (χ4v) is 2.78. The number of aliphatic hydroxyl groups is 1. The van der Waals surface area contributed by atoms with Crippen LogP contribution in [0.2, 0.25) is 0 Å². The van der Waals surface area contributed by atoms with Crippen LogP contribution < -0.4 is 0 Å². The van der Waals surface area contributed by atoms with E-state index < -0.39 is 0 Å². The maximum atomic E-state index is 8.70. The first kappa shape index (κ1) is 10.4. The topological polar surface area (TPSA) is 23.5 Å². The number of hydrogen-bond donors (Lipinski definition) is 1. The maximum absolute atomic E-state index is 8.70. The molecule has 0 aromatic carbocycles. The summed E-state index contributed by atoms with van der Waals surface area (Å²) in [5.74, 6) is 1.23. The Bertz CT molecular complexity index is 138. The van der Waals surface area contributed by atoms with Crippen LogP contribution in [0.4, 0.5) is 0 Å². The van der Waals surface area contributed by atoms with Gasteiger partial charge >= 0.3 is 0 Å². The Balaban J connectivity index is 2.26. The summed E-state index contributed by atoms with van der Waals surface area (Å²) in [4.78, 5) is 2.45. The monoisotopic (exact) mass is 189 g/mol. The lowest BCUT2D eigenvalue weighted by atomic mass is 10.2. The Morgan fingerprint density at radius 1 is 1.50 bits per heavy atom. The summed E-state index contributed by atoms with van der Waals surface area (Å²) < 4.78 is 0.410.